The van der Waals surface area contributed by atoms with Crippen molar-refractivity contribution >= 4 is 11.8 Å². The summed E-state index contributed by atoms with van der Waals surface area (Å²) in [5, 5.41) is 16.2. The molecule has 7 heteroatoms. The van der Waals surface area contributed by atoms with E-state index in [1.807, 2.05) is 30.3 Å². The number of aliphatic hydroxyl groups is 1. The number of aryl methyl sites for hydroxylation is 1. The van der Waals surface area contributed by atoms with E-state index in [4.69, 9.17) is 0 Å². The Labute approximate surface area is 165 Å². The summed E-state index contributed by atoms with van der Waals surface area (Å²) in [6, 6.07) is 9.58. The van der Waals surface area contributed by atoms with Gasteiger partial charge in [-0.05, 0) is 31.2 Å². The molecule has 1 aromatic carbocycles. The van der Waals surface area contributed by atoms with Crippen molar-refractivity contribution in [3.63, 3.8) is 0 Å². The highest BCUT2D eigenvalue weighted by Crippen LogP contribution is 2.25. The number of aromatic amines is 1. The van der Waals surface area contributed by atoms with Gasteiger partial charge in [-0.3, -0.25) is 9.59 Å². The molecule has 1 aromatic heterocycles. The molecule has 1 aliphatic carbocycles. The van der Waals surface area contributed by atoms with Crippen molar-refractivity contribution in [2.45, 2.75) is 50.7 Å². The van der Waals surface area contributed by atoms with Gasteiger partial charge >= 0.3 is 0 Å². The fourth-order valence-corrected chi connectivity index (χ4v) is 3.62. The van der Waals surface area contributed by atoms with E-state index in [1.165, 1.54) is 0 Å². The molecular formula is C21H28N4O3. The van der Waals surface area contributed by atoms with Gasteiger partial charge in [0.05, 0.1) is 12.1 Å². The van der Waals surface area contributed by atoms with Gasteiger partial charge in [0.2, 0.25) is 11.8 Å². The summed E-state index contributed by atoms with van der Waals surface area (Å²) < 4.78 is 0. The van der Waals surface area contributed by atoms with Crippen LogP contribution in [0.15, 0.2) is 42.7 Å². The Morgan fingerprint density at radius 1 is 1.18 bits per heavy atom. The first-order valence-electron chi connectivity index (χ1n) is 9.89. The quantitative estimate of drug-likeness (QED) is 0.551. The summed E-state index contributed by atoms with van der Waals surface area (Å²) in [5.74, 6) is 0.514. The number of amides is 2. The molecule has 28 heavy (non-hydrogen) atoms. The molecule has 0 aliphatic heterocycles. The van der Waals surface area contributed by atoms with Crippen LogP contribution < -0.4 is 10.6 Å². The maximum absolute atomic E-state index is 12.3. The molecule has 2 amide bonds. The second-order valence-electron chi connectivity index (χ2n) is 7.31. The number of carbonyl (C=O) groups excluding carboxylic acids is 2. The summed E-state index contributed by atoms with van der Waals surface area (Å²) in [6.45, 7) is 0.512. The second-order valence-corrected chi connectivity index (χ2v) is 7.31. The van der Waals surface area contributed by atoms with E-state index in [0.717, 1.165) is 11.4 Å². The number of H-pyrrole nitrogens is 1. The number of aliphatic hydroxyl groups excluding tert-OH is 1. The van der Waals surface area contributed by atoms with Gasteiger partial charge in [0.25, 0.3) is 0 Å². The smallest absolute Gasteiger partial charge is 0.223 e. The van der Waals surface area contributed by atoms with Crippen molar-refractivity contribution in [2.75, 3.05) is 6.54 Å². The molecule has 3 atom stereocenters. The summed E-state index contributed by atoms with van der Waals surface area (Å²) in [6.07, 6.45) is 6.09. The zero-order valence-electron chi connectivity index (χ0n) is 15.9. The molecule has 1 heterocycles. The molecule has 1 aliphatic rings. The van der Waals surface area contributed by atoms with Crippen LogP contribution in [-0.2, 0) is 22.4 Å². The molecular weight excluding hydrogens is 356 g/mol. The van der Waals surface area contributed by atoms with Crippen molar-refractivity contribution in [1.29, 1.82) is 0 Å². The van der Waals surface area contributed by atoms with Gasteiger partial charge in [-0.2, -0.15) is 0 Å². The molecule has 0 bridgehead atoms. The Balaban J connectivity index is 1.36. The highest BCUT2D eigenvalue weighted by molar-refractivity contribution is 5.79. The summed E-state index contributed by atoms with van der Waals surface area (Å²) in [4.78, 5) is 31.6. The van der Waals surface area contributed by atoms with Crippen LogP contribution >= 0.6 is 0 Å². The van der Waals surface area contributed by atoms with E-state index in [-0.39, 0.29) is 23.8 Å². The van der Waals surface area contributed by atoms with E-state index in [9.17, 15) is 14.7 Å². The normalized spacial score (nSPS) is 21.8. The van der Waals surface area contributed by atoms with Crippen LogP contribution in [0.25, 0.3) is 0 Å². The molecule has 1 fully saturated rings. The van der Waals surface area contributed by atoms with Gasteiger partial charge in [-0.15, -0.1) is 0 Å². The highest BCUT2D eigenvalue weighted by atomic mass is 16.3. The predicted octanol–water partition coefficient (Wildman–Crippen LogP) is 1.35. The van der Waals surface area contributed by atoms with E-state index in [1.54, 1.807) is 12.4 Å². The minimum absolute atomic E-state index is 0.0422. The van der Waals surface area contributed by atoms with Crippen LogP contribution in [0.5, 0.6) is 0 Å². The van der Waals surface area contributed by atoms with Crippen LogP contribution in [0.2, 0.25) is 0 Å². The summed E-state index contributed by atoms with van der Waals surface area (Å²) >= 11 is 0. The van der Waals surface area contributed by atoms with Gasteiger partial charge in [0.15, 0.2) is 0 Å². The Bertz CT molecular complexity index is 748. The Kier molecular flexibility index (Phi) is 7.19. The van der Waals surface area contributed by atoms with Gasteiger partial charge < -0.3 is 20.7 Å². The number of carbonyl (C=O) groups is 2. The average molecular weight is 384 g/mol. The number of hydrogen-bond donors (Lipinski definition) is 4. The number of hydrogen-bond acceptors (Lipinski definition) is 4. The number of imidazole rings is 1. The predicted molar refractivity (Wildman–Crippen MR) is 105 cm³/mol. The lowest BCUT2D eigenvalue weighted by atomic mass is 9.83. The van der Waals surface area contributed by atoms with Gasteiger partial charge in [0, 0.05) is 37.7 Å². The van der Waals surface area contributed by atoms with Gasteiger partial charge in [-0.25, -0.2) is 4.98 Å². The fraction of sp³-hybridized carbons (Fsp3) is 0.476. The van der Waals surface area contributed by atoms with E-state index >= 15 is 0 Å². The Hall–Kier alpha value is -2.67. The molecule has 1 saturated carbocycles. The van der Waals surface area contributed by atoms with Crippen LogP contribution in [0.4, 0.5) is 0 Å². The fourth-order valence-electron chi connectivity index (χ4n) is 3.62. The van der Waals surface area contributed by atoms with Crippen molar-refractivity contribution in [3.05, 3.63) is 54.1 Å². The van der Waals surface area contributed by atoms with Crippen LogP contribution in [0, 0.1) is 5.92 Å². The van der Waals surface area contributed by atoms with Crippen molar-refractivity contribution < 1.29 is 14.7 Å². The van der Waals surface area contributed by atoms with E-state index in [2.05, 4.69) is 20.6 Å². The van der Waals surface area contributed by atoms with Crippen LogP contribution in [-0.4, -0.2) is 45.6 Å². The number of nitrogens with one attached hydrogen (secondary N) is 3. The zero-order valence-corrected chi connectivity index (χ0v) is 15.9. The molecule has 2 aromatic rings. The molecule has 0 radical (unpaired) electrons. The van der Waals surface area contributed by atoms with Crippen molar-refractivity contribution in [1.82, 2.24) is 20.6 Å². The lowest BCUT2D eigenvalue weighted by Crippen LogP contribution is -2.49. The van der Waals surface area contributed by atoms with Crippen molar-refractivity contribution in [2.24, 2.45) is 5.92 Å². The molecule has 4 N–H and O–H groups in total. The molecule has 3 rings (SSSR count). The highest BCUT2D eigenvalue weighted by Gasteiger charge is 2.33. The second kappa shape index (κ2) is 10.0. The Morgan fingerprint density at radius 3 is 2.71 bits per heavy atom. The number of rotatable bonds is 8. The zero-order chi connectivity index (χ0) is 19.8. The molecule has 150 valence electrons. The third-order valence-electron chi connectivity index (χ3n) is 5.23. The van der Waals surface area contributed by atoms with Crippen LogP contribution in [0.3, 0.4) is 0 Å². The third kappa shape index (κ3) is 5.92. The number of benzene rings is 1. The molecule has 0 saturated heterocycles. The Morgan fingerprint density at radius 2 is 2.00 bits per heavy atom. The third-order valence-corrected chi connectivity index (χ3v) is 5.23. The van der Waals surface area contributed by atoms with E-state index < -0.39 is 6.10 Å². The lowest BCUT2D eigenvalue weighted by Gasteiger charge is -2.33. The molecule has 0 spiro atoms. The first-order chi connectivity index (χ1) is 13.6. The maximum Gasteiger partial charge on any atom is 0.223 e. The largest absolute Gasteiger partial charge is 0.391 e. The van der Waals surface area contributed by atoms with E-state index in [0.29, 0.717) is 45.1 Å². The SMILES string of the molecule is O=C(CCc1ccccc1)N[C@H]1CC[C@H](C(=O)NCCc2ncc[nH]2)C[C@@H]1O. The minimum atomic E-state index is -0.699. The first-order valence-corrected chi connectivity index (χ1v) is 9.89. The summed E-state index contributed by atoms with van der Waals surface area (Å²) in [5.41, 5.74) is 1.12. The average Bonchev–Trinajstić information content (AvgIpc) is 3.22. The lowest BCUT2D eigenvalue weighted by molar-refractivity contribution is -0.128. The monoisotopic (exact) mass is 384 g/mol. The number of aromatic nitrogens is 2. The number of nitrogens with zero attached hydrogens (tertiary/aromatic N) is 1. The summed E-state index contributed by atoms with van der Waals surface area (Å²) in [7, 11) is 0. The minimum Gasteiger partial charge on any atom is -0.391 e. The first kappa shape index (κ1) is 20.1. The van der Waals surface area contributed by atoms with Crippen molar-refractivity contribution in [3.8, 4) is 0 Å². The maximum atomic E-state index is 12.3. The topological polar surface area (TPSA) is 107 Å². The van der Waals surface area contributed by atoms with Gasteiger partial charge in [-0.1, -0.05) is 30.3 Å². The van der Waals surface area contributed by atoms with Crippen LogP contribution in [0.1, 0.15) is 37.1 Å². The molecule has 0 unspecified atom stereocenters. The van der Waals surface area contributed by atoms with Gasteiger partial charge in [0.1, 0.15) is 5.82 Å². The standard InChI is InChI=1S/C21H28N4O3/c26-18-14-16(21(28)24-11-10-19-22-12-13-23-19)7-8-17(18)25-20(27)9-6-15-4-2-1-3-5-15/h1-5,12-13,16-18,26H,6-11,14H2,(H,22,23)(H,24,28)(H,25,27)/t16-,17-,18-/m0/s1. The molecule has 7 nitrogen and oxygen atoms in total.